The van der Waals surface area contributed by atoms with Gasteiger partial charge in [-0.2, -0.15) is 0 Å². The Labute approximate surface area is 107 Å². The van der Waals surface area contributed by atoms with Gasteiger partial charge in [0.05, 0.1) is 6.10 Å². The van der Waals surface area contributed by atoms with Crippen molar-refractivity contribution in [1.82, 2.24) is 4.90 Å². The van der Waals surface area contributed by atoms with E-state index in [0.717, 1.165) is 5.56 Å². The van der Waals surface area contributed by atoms with Gasteiger partial charge in [0.1, 0.15) is 0 Å². The zero-order valence-corrected chi connectivity index (χ0v) is 10.5. The van der Waals surface area contributed by atoms with Gasteiger partial charge >= 0.3 is 0 Å². The van der Waals surface area contributed by atoms with Crippen LogP contribution < -0.4 is 5.73 Å². The molecule has 1 aliphatic rings. The summed E-state index contributed by atoms with van der Waals surface area (Å²) in [6.45, 7) is 1.14. The number of aliphatic hydroxyl groups excluding tert-OH is 1. The van der Waals surface area contributed by atoms with E-state index in [1.54, 1.807) is 4.90 Å². The summed E-state index contributed by atoms with van der Waals surface area (Å²) in [7, 11) is 0. The zero-order valence-electron chi connectivity index (χ0n) is 10.5. The number of amides is 1. The molecule has 4 heteroatoms. The highest BCUT2D eigenvalue weighted by atomic mass is 16.3. The van der Waals surface area contributed by atoms with Gasteiger partial charge in [-0.15, -0.1) is 0 Å². The summed E-state index contributed by atoms with van der Waals surface area (Å²) in [6, 6.07) is 9.72. The molecule has 1 unspecified atom stereocenters. The van der Waals surface area contributed by atoms with E-state index in [0.29, 0.717) is 32.4 Å². The summed E-state index contributed by atoms with van der Waals surface area (Å²) < 4.78 is 0. The van der Waals surface area contributed by atoms with Crippen molar-refractivity contribution in [3.63, 3.8) is 0 Å². The highest BCUT2D eigenvalue weighted by Crippen LogP contribution is 2.17. The standard InChI is InChI=1S/C14H20N2O2/c15-13(11-4-2-1-3-5-11)6-7-14(18)16-9-8-12(17)10-16/h1-5,12-13,17H,6-10,15H2/t12-,13?/m1/s1. The third-order valence-corrected chi connectivity index (χ3v) is 3.41. The Kier molecular flexibility index (Phi) is 4.33. The molecule has 1 aromatic carbocycles. The predicted octanol–water partition coefficient (Wildman–Crippen LogP) is 1.06. The molecule has 1 saturated heterocycles. The van der Waals surface area contributed by atoms with E-state index in [1.165, 1.54) is 0 Å². The monoisotopic (exact) mass is 248 g/mol. The molecular weight excluding hydrogens is 228 g/mol. The number of benzene rings is 1. The second-order valence-electron chi connectivity index (χ2n) is 4.84. The Morgan fingerprint density at radius 1 is 1.44 bits per heavy atom. The summed E-state index contributed by atoms with van der Waals surface area (Å²) in [5.74, 6) is 0.0953. The van der Waals surface area contributed by atoms with Gasteiger partial charge in [0.25, 0.3) is 0 Å². The number of carbonyl (C=O) groups excluding carboxylic acids is 1. The van der Waals surface area contributed by atoms with Gasteiger partial charge in [0.2, 0.25) is 5.91 Å². The Morgan fingerprint density at radius 3 is 2.78 bits per heavy atom. The number of carbonyl (C=O) groups is 1. The second-order valence-corrected chi connectivity index (χ2v) is 4.84. The quantitative estimate of drug-likeness (QED) is 0.837. The molecule has 1 heterocycles. The highest BCUT2D eigenvalue weighted by Gasteiger charge is 2.24. The van der Waals surface area contributed by atoms with Crippen LogP contribution in [0.1, 0.15) is 30.9 Å². The van der Waals surface area contributed by atoms with Gasteiger partial charge in [0, 0.05) is 25.6 Å². The molecule has 18 heavy (non-hydrogen) atoms. The molecule has 2 atom stereocenters. The minimum absolute atomic E-state index is 0.0947. The molecule has 0 aliphatic carbocycles. The largest absolute Gasteiger partial charge is 0.391 e. The molecule has 0 spiro atoms. The van der Waals surface area contributed by atoms with Crippen LogP contribution in [0.15, 0.2) is 30.3 Å². The predicted molar refractivity (Wildman–Crippen MR) is 69.8 cm³/mol. The number of hydrogen-bond donors (Lipinski definition) is 2. The molecule has 3 N–H and O–H groups in total. The fourth-order valence-electron chi connectivity index (χ4n) is 2.27. The number of aliphatic hydroxyl groups is 1. The first kappa shape index (κ1) is 13.1. The Balaban J connectivity index is 1.79. The van der Waals surface area contributed by atoms with E-state index >= 15 is 0 Å². The maximum Gasteiger partial charge on any atom is 0.222 e. The number of nitrogens with zero attached hydrogens (tertiary/aromatic N) is 1. The van der Waals surface area contributed by atoms with Crippen LogP contribution in [-0.2, 0) is 4.79 Å². The lowest BCUT2D eigenvalue weighted by Gasteiger charge is -2.17. The Bertz CT molecular complexity index is 394. The van der Waals surface area contributed by atoms with Crippen molar-refractivity contribution in [3.05, 3.63) is 35.9 Å². The average Bonchev–Trinajstić information content (AvgIpc) is 2.83. The molecule has 1 aromatic rings. The van der Waals surface area contributed by atoms with Crippen LogP contribution in [0.2, 0.25) is 0 Å². The van der Waals surface area contributed by atoms with Crippen LogP contribution in [0.25, 0.3) is 0 Å². The van der Waals surface area contributed by atoms with E-state index in [2.05, 4.69) is 0 Å². The molecular formula is C14H20N2O2. The normalized spacial score (nSPS) is 21.0. The first-order valence-electron chi connectivity index (χ1n) is 6.43. The average molecular weight is 248 g/mol. The highest BCUT2D eigenvalue weighted by molar-refractivity contribution is 5.76. The molecule has 0 radical (unpaired) electrons. The van der Waals surface area contributed by atoms with Crippen LogP contribution in [-0.4, -0.2) is 35.1 Å². The van der Waals surface area contributed by atoms with Crippen molar-refractivity contribution in [2.75, 3.05) is 13.1 Å². The van der Waals surface area contributed by atoms with Gasteiger partial charge in [-0.05, 0) is 18.4 Å². The summed E-state index contributed by atoms with van der Waals surface area (Å²) in [4.78, 5) is 13.6. The summed E-state index contributed by atoms with van der Waals surface area (Å²) >= 11 is 0. The molecule has 4 nitrogen and oxygen atoms in total. The van der Waals surface area contributed by atoms with Gasteiger partial charge < -0.3 is 15.7 Å². The number of rotatable bonds is 4. The number of likely N-dealkylation sites (tertiary alicyclic amines) is 1. The lowest BCUT2D eigenvalue weighted by molar-refractivity contribution is -0.130. The van der Waals surface area contributed by atoms with E-state index in [1.807, 2.05) is 30.3 Å². The van der Waals surface area contributed by atoms with Gasteiger partial charge in [-0.3, -0.25) is 4.79 Å². The number of hydrogen-bond acceptors (Lipinski definition) is 3. The zero-order chi connectivity index (χ0) is 13.0. The van der Waals surface area contributed by atoms with E-state index in [4.69, 9.17) is 5.73 Å². The Hall–Kier alpha value is -1.39. The van der Waals surface area contributed by atoms with Crippen LogP contribution in [0, 0.1) is 0 Å². The van der Waals surface area contributed by atoms with Gasteiger partial charge in [-0.25, -0.2) is 0 Å². The smallest absolute Gasteiger partial charge is 0.222 e. The van der Waals surface area contributed by atoms with E-state index < -0.39 is 0 Å². The third kappa shape index (κ3) is 3.31. The molecule has 2 rings (SSSR count). The van der Waals surface area contributed by atoms with Crippen molar-refractivity contribution < 1.29 is 9.90 Å². The number of nitrogens with two attached hydrogens (primary N) is 1. The van der Waals surface area contributed by atoms with Gasteiger partial charge in [-0.1, -0.05) is 30.3 Å². The molecule has 0 bridgehead atoms. The number of β-amino-alcohol motifs (C(OH)–C–C–N with tert-alkyl or cyclic N) is 1. The lowest BCUT2D eigenvalue weighted by atomic mass is 10.0. The third-order valence-electron chi connectivity index (χ3n) is 3.41. The molecule has 0 aromatic heterocycles. The van der Waals surface area contributed by atoms with Crippen molar-refractivity contribution in [1.29, 1.82) is 0 Å². The SMILES string of the molecule is NC(CCC(=O)N1CC[C@@H](O)C1)c1ccccc1. The minimum atomic E-state index is -0.350. The van der Waals surface area contributed by atoms with E-state index in [-0.39, 0.29) is 18.1 Å². The van der Waals surface area contributed by atoms with Gasteiger partial charge in [0.15, 0.2) is 0 Å². The molecule has 98 valence electrons. The van der Waals surface area contributed by atoms with Crippen LogP contribution in [0.3, 0.4) is 0 Å². The molecule has 0 saturated carbocycles. The van der Waals surface area contributed by atoms with Crippen LogP contribution >= 0.6 is 0 Å². The van der Waals surface area contributed by atoms with Crippen LogP contribution in [0.4, 0.5) is 0 Å². The molecule has 1 amide bonds. The molecule has 1 fully saturated rings. The lowest BCUT2D eigenvalue weighted by Crippen LogP contribution is -2.30. The maximum atomic E-state index is 11.9. The van der Waals surface area contributed by atoms with E-state index in [9.17, 15) is 9.90 Å². The Morgan fingerprint density at radius 2 is 2.17 bits per heavy atom. The van der Waals surface area contributed by atoms with Crippen molar-refractivity contribution in [2.45, 2.75) is 31.4 Å². The minimum Gasteiger partial charge on any atom is -0.391 e. The maximum absolute atomic E-state index is 11.9. The first-order valence-corrected chi connectivity index (χ1v) is 6.43. The second kappa shape index (κ2) is 5.98. The van der Waals surface area contributed by atoms with Crippen molar-refractivity contribution >= 4 is 5.91 Å². The first-order chi connectivity index (χ1) is 8.66. The fraction of sp³-hybridized carbons (Fsp3) is 0.500. The summed E-state index contributed by atoms with van der Waals surface area (Å²) in [6.07, 6.45) is 1.44. The summed E-state index contributed by atoms with van der Waals surface area (Å²) in [5.41, 5.74) is 7.11. The topological polar surface area (TPSA) is 66.6 Å². The molecule has 1 aliphatic heterocycles. The van der Waals surface area contributed by atoms with Crippen molar-refractivity contribution in [3.8, 4) is 0 Å². The fourth-order valence-corrected chi connectivity index (χ4v) is 2.27. The summed E-state index contributed by atoms with van der Waals surface area (Å²) in [5, 5.41) is 9.39. The van der Waals surface area contributed by atoms with Crippen molar-refractivity contribution in [2.24, 2.45) is 5.73 Å². The van der Waals surface area contributed by atoms with Crippen LogP contribution in [0.5, 0.6) is 0 Å².